The van der Waals surface area contributed by atoms with Crippen LogP contribution >= 0.6 is 0 Å². The maximum atomic E-state index is 15.7. The van der Waals surface area contributed by atoms with Gasteiger partial charge in [-0.15, -0.1) is 0 Å². The lowest BCUT2D eigenvalue weighted by molar-refractivity contribution is -0.138. The Bertz CT molecular complexity index is 1600. The number of nitrogens with one attached hydrogen (secondary N) is 3. The highest BCUT2D eigenvalue weighted by atomic mass is 19.1. The number of hydrogen-bond donors (Lipinski definition) is 3. The molecule has 4 rings (SSSR count). The standard InChI is InChI=1S/C35H45F2N7O4/c1-7-30(45)40-32(35(48)43-18-16-42(6)17-19-43)23(5)25-10-13-28(27(37)20-25)39-34(47)31(22(4)24-8-11-26(36)12-9-24)41-33(46)29-14-15-38-44(29)21(2)3/h8-15,20-23,31-32H,7,16-19H2,1-6H3,(H,39,47)(H,40,45)(H,41,46)/t22?,23-,31?,32+/m0/s1. The zero-order valence-electron chi connectivity index (χ0n) is 28.3. The van der Waals surface area contributed by atoms with Gasteiger partial charge in [0, 0.05) is 56.7 Å². The number of aromatic nitrogens is 2. The molecule has 3 aromatic rings. The summed E-state index contributed by atoms with van der Waals surface area (Å²) in [5.41, 5.74) is 1.16. The molecule has 2 unspecified atom stereocenters. The molecule has 48 heavy (non-hydrogen) atoms. The second-order valence-corrected chi connectivity index (χ2v) is 12.6. The van der Waals surface area contributed by atoms with Gasteiger partial charge in [0.2, 0.25) is 17.7 Å². The Morgan fingerprint density at radius 2 is 1.46 bits per heavy atom. The molecule has 4 atom stereocenters. The first-order chi connectivity index (χ1) is 22.8. The SMILES string of the molecule is CCC(=O)N[C@@H](C(=O)N1CCN(C)CC1)[C@@H](C)c1ccc(NC(=O)C(NC(=O)c2ccnn2C(C)C)C(C)c2ccc(F)cc2)c(F)c1. The molecule has 1 aliphatic heterocycles. The van der Waals surface area contributed by atoms with Crippen LogP contribution < -0.4 is 16.0 Å². The van der Waals surface area contributed by atoms with E-state index in [0.29, 0.717) is 37.3 Å². The molecule has 13 heteroatoms. The molecule has 3 N–H and O–H groups in total. The highest BCUT2D eigenvalue weighted by molar-refractivity contribution is 6.01. The summed E-state index contributed by atoms with van der Waals surface area (Å²) in [5.74, 6) is -4.17. The Labute approximate surface area is 280 Å². The zero-order chi connectivity index (χ0) is 35.1. The number of likely N-dealkylation sites (N-methyl/N-ethyl adjacent to an activating group) is 1. The summed E-state index contributed by atoms with van der Waals surface area (Å²) in [6.45, 7) is 11.3. The van der Waals surface area contributed by atoms with Gasteiger partial charge < -0.3 is 25.8 Å². The number of rotatable bonds is 12. The van der Waals surface area contributed by atoms with Crippen molar-refractivity contribution in [2.45, 2.75) is 71.0 Å². The normalized spacial score (nSPS) is 16.1. The van der Waals surface area contributed by atoms with Crippen LogP contribution in [-0.4, -0.2) is 88.5 Å². The van der Waals surface area contributed by atoms with E-state index in [4.69, 9.17) is 0 Å². The topological polar surface area (TPSA) is 129 Å². The van der Waals surface area contributed by atoms with Gasteiger partial charge in [-0.1, -0.05) is 39.0 Å². The molecule has 1 saturated heterocycles. The van der Waals surface area contributed by atoms with Gasteiger partial charge >= 0.3 is 0 Å². The van der Waals surface area contributed by atoms with Crippen molar-refractivity contribution in [2.24, 2.45) is 0 Å². The fourth-order valence-electron chi connectivity index (χ4n) is 5.72. The second kappa shape index (κ2) is 16.0. The molecule has 0 aliphatic carbocycles. The summed E-state index contributed by atoms with van der Waals surface area (Å²) in [7, 11) is 1.98. The van der Waals surface area contributed by atoms with Crippen molar-refractivity contribution in [1.29, 1.82) is 0 Å². The van der Waals surface area contributed by atoms with Gasteiger partial charge in [0.1, 0.15) is 29.4 Å². The summed E-state index contributed by atoms with van der Waals surface area (Å²) in [6.07, 6.45) is 1.68. The smallest absolute Gasteiger partial charge is 0.270 e. The van der Waals surface area contributed by atoms with Gasteiger partial charge in [-0.2, -0.15) is 5.10 Å². The van der Waals surface area contributed by atoms with Crippen LogP contribution in [0, 0.1) is 11.6 Å². The summed E-state index contributed by atoms with van der Waals surface area (Å²) in [6, 6.07) is 9.15. The molecule has 258 valence electrons. The minimum absolute atomic E-state index is 0.121. The molecule has 0 radical (unpaired) electrons. The molecule has 1 aromatic heterocycles. The summed E-state index contributed by atoms with van der Waals surface area (Å²) in [4.78, 5) is 56.9. The third-order valence-electron chi connectivity index (χ3n) is 8.85. The average molecular weight is 666 g/mol. The predicted molar refractivity (Wildman–Crippen MR) is 178 cm³/mol. The Balaban J connectivity index is 1.57. The maximum absolute atomic E-state index is 15.7. The van der Waals surface area contributed by atoms with E-state index in [0.717, 1.165) is 0 Å². The zero-order valence-corrected chi connectivity index (χ0v) is 28.3. The lowest BCUT2D eigenvalue weighted by atomic mass is 9.91. The molecule has 2 aromatic carbocycles. The van der Waals surface area contributed by atoms with E-state index in [-0.39, 0.29) is 35.7 Å². The number of piperazine rings is 1. The van der Waals surface area contributed by atoms with E-state index in [1.54, 1.807) is 31.7 Å². The Morgan fingerprint density at radius 1 is 0.833 bits per heavy atom. The largest absolute Gasteiger partial charge is 0.344 e. The number of benzene rings is 2. The number of halogens is 2. The Morgan fingerprint density at radius 3 is 2.06 bits per heavy atom. The van der Waals surface area contributed by atoms with Crippen LogP contribution in [0.4, 0.5) is 14.5 Å². The summed E-state index contributed by atoms with van der Waals surface area (Å²) < 4.78 is 30.9. The van der Waals surface area contributed by atoms with E-state index in [1.165, 1.54) is 53.3 Å². The summed E-state index contributed by atoms with van der Waals surface area (Å²) >= 11 is 0. The van der Waals surface area contributed by atoms with Crippen LogP contribution in [0.2, 0.25) is 0 Å². The van der Waals surface area contributed by atoms with Crippen LogP contribution in [0.15, 0.2) is 54.7 Å². The second-order valence-electron chi connectivity index (χ2n) is 12.6. The Kier molecular flexibility index (Phi) is 12.0. The monoisotopic (exact) mass is 665 g/mol. The fourth-order valence-corrected chi connectivity index (χ4v) is 5.72. The third-order valence-corrected chi connectivity index (χ3v) is 8.85. The third kappa shape index (κ3) is 8.62. The molecule has 1 aliphatic rings. The minimum atomic E-state index is -1.17. The molecule has 0 saturated carbocycles. The minimum Gasteiger partial charge on any atom is -0.344 e. The van der Waals surface area contributed by atoms with E-state index in [1.807, 2.05) is 20.9 Å². The van der Waals surface area contributed by atoms with Gasteiger partial charge in [-0.05, 0) is 62.4 Å². The molecule has 0 spiro atoms. The van der Waals surface area contributed by atoms with E-state index < -0.39 is 47.4 Å². The molecule has 4 amide bonds. The van der Waals surface area contributed by atoms with Crippen LogP contribution in [0.3, 0.4) is 0 Å². The number of amides is 4. The Hall–Kier alpha value is -4.65. The van der Waals surface area contributed by atoms with Crippen molar-refractivity contribution >= 4 is 29.3 Å². The first-order valence-electron chi connectivity index (χ1n) is 16.3. The van der Waals surface area contributed by atoms with E-state index in [2.05, 4.69) is 25.9 Å². The van der Waals surface area contributed by atoms with Gasteiger partial charge in [0.15, 0.2) is 0 Å². The highest BCUT2D eigenvalue weighted by Crippen LogP contribution is 2.27. The lowest BCUT2D eigenvalue weighted by Gasteiger charge is -2.36. The molecule has 11 nitrogen and oxygen atoms in total. The summed E-state index contributed by atoms with van der Waals surface area (Å²) in [5, 5.41) is 12.4. The van der Waals surface area contributed by atoms with Crippen LogP contribution in [-0.2, 0) is 14.4 Å². The predicted octanol–water partition coefficient (Wildman–Crippen LogP) is 4.06. The number of nitrogens with zero attached hydrogens (tertiary/aromatic N) is 4. The molecular formula is C35H45F2N7O4. The van der Waals surface area contributed by atoms with Gasteiger partial charge in [-0.3, -0.25) is 23.9 Å². The molecule has 1 fully saturated rings. The van der Waals surface area contributed by atoms with Gasteiger partial charge in [-0.25, -0.2) is 8.78 Å². The van der Waals surface area contributed by atoms with E-state index in [9.17, 15) is 23.6 Å². The first kappa shape index (κ1) is 36.2. The average Bonchev–Trinajstić information content (AvgIpc) is 3.57. The van der Waals surface area contributed by atoms with Crippen LogP contribution in [0.1, 0.15) is 80.5 Å². The van der Waals surface area contributed by atoms with Crippen molar-refractivity contribution in [3.8, 4) is 0 Å². The van der Waals surface area contributed by atoms with Crippen molar-refractivity contribution < 1.29 is 28.0 Å². The fraction of sp³-hybridized carbons (Fsp3) is 0.457. The van der Waals surface area contributed by atoms with Gasteiger partial charge in [0.25, 0.3) is 5.91 Å². The van der Waals surface area contributed by atoms with Crippen molar-refractivity contribution in [2.75, 3.05) is 38.5 Å². The maximum Gasteiger partial charge on any atom is 0.270 e. The lowest BCUT2D eigenvalue weighted by Crippen LogP contribution is -2.55. The number of carbonyl (C=O) groups is 4. The first-order valence-corrected chi connectivity index (χ1v) is 16.3. The molecule has 0 bridgehead atoms. The number of carbonyl (C=O) groups excluding carboxylic acids is 4. The number of anilines is 1. The number of hydrogen-bond acceptors (Lipinski definition) is 6. The van der Waals surface area contributed by atoms with Crippen LogP contribution in [0.5, 0.6) is 0 Å². The van der Waals surface area contributed by atoms with Crippen molar-refractivity contribution in [1.82, 2.24) is 30.2 Å². The van der Waals surface area contributed by atoms with Gasteiger partial charge in [0.05, 0.1) is 5.69 Å². The van der Waals surface area contributed by atoms with Crippen molar-refractivity contribution in [3.05, 3.63) is 83.2 Å². The highest BCUT2D eigenvalue weighted by Gasteiger charge is 2.34. The molecular weight excluding hydrogens is 620 g/mol. The van der Waals surface area contributed by atoms with Crippen LogP contribution in [0.25, 0.3) is 0 Å². The van der Waals surface area contributed by atoms with Crippen molar-refractivity contribution in [3.63, 3.8) is 0 Å². The van der Waals surface area contributed by atoms with E-state index >= 15 is 4.39 Å². The quantitative estimate of drug-likeness (QED) is 0.268. The molecule has 2 heterocycles.